The van der Waals surface area contributed by atoms with Crippen molar-refractivity contribution in [3.05, 3.63) is 41.5 Å². The minimum Gasteiger partial charge on any atom is -0.339 e. The van der Waals surface area contributed by atoms with Gasteiger partial charge in [0.15, 0.2) is 5.82 Å². The highest BCUT2D eigenvalue weighted by Crippen LogP contribution is 2.39. The number of piperidine rings is 1. The smallest absolute Gasteiger partial charge is 0.339 e. The SMILES string of the molecule is O=C(Nc1cccc(C(F)(F)F)c1)N1CCC(CCc2noc(C3CC3)n2)CC1. The van der Waals surface area contributed by atoms with Gasteiger partial charge in [-0.25, -0.2) is 4.79 Å². The zero-order valence-electron chi connectivity index (χ0n) is 15.9. The number of halogens is 3. The van der Waals surface area contributed by atoms with Crippen molar-refractivity contribution >= 4 is 11.7 Å². The molecule has 6 nitrogen and oxygen atoms in total. The maximum absolute atomic E-state index is 12.8. The average Bonchev–Trinajstić information content (AvgIpc) is 3.44. The van der Waals surface area contributed by atoms with Crippen LogP contribution < -0.4 is 5.32 Å². The zero-order valence-corrected chi connectivity index (χ0v) is 15.9. The second-order valence-corrected chi connectivity index (χ2v) is 7.80. The Balaban J connectivity index is 1.23. The highest BCUT2D eigenvalue weighted by Gasteiger charge is 2.31. The molecule has 1 saturated heterocycles. The van der Waals surface area contributed by atoms with Gasteiger partial charge in [-0.2, -0.15) is 18.2 Å². The molecular weight excluding hydrogens is 385 g/mol. The van der Waals surface area contributed by atoms with Crippen molar-refractivity contribution in [1.29, 1.82) is 0 Å². The summed E-state index contributed by atoms with van der Waals surface area (Å²) in [4.78, 5) is 18.5. The number of alkyl halides is 3. The first-order valence-corrected chi connectivity index (χ1v) is 9.94. The van der Waals surface area contributed by atoms with Gasteiger partial charge in [-0.15, -0.1) is 0 Å². The Labute approximate surface area is 166 Å². The van der Waals surface area contributed by atoms with Gasteiger partial charge in [-0.05, 0) is 56.2 Å². The number of aryl methyl sites for hydroxylation is 1. The Bertz CT molecular complexity index is 855. The van der Waals surface area contributed by atoms with E-state index in [1.54, 1.807) is 4.90 Å². The van der Waals surface area contributed by atoms with E-state index in [2.05, 4.69) is 15.5 Å². The molecule has 1 aliphatic carbocycles. The molecule has 9 heteroatoms. The van der Waals surface area contributed by atoms with Crippen LogP contribution in [0, 0.1) is 5.92 Å². The molecule has 1 aromatic carbocycles. The van der Waals surface area contributed by atoms with E-state index >= 15 is 0 Å². The molecule has 2 aliphatic rings. The van der Waals surface area contributed by atoms with Gasteiger partial charge in [0, 0.05) is 31.1 Å². The fraction of sp³-hybridized carbons (Fsp3) is 0.550. The van der Waals surface area contributed by atoms with Crippen LogP contribution in [0.2, 0.25) is 0 Å². The summed E-state index contributed by atoms with van der Waals surface area (Å²) in [6.45, 7) is 1.16. The second-order valence-electron chi connectivity index (χ2n) is 7.80. The molecule has 0 atom stereocenters. The Morgan fingerprint density at radius 1 is 1.21 bits per heavy atom. The van der Waals surface area contributed by atoms with E-state index in [1.165, 1.54) is 12.1 Å². The van der Waals surface area contributed by atoms with Gasteiger partial charge in [-0.1, -0.05) is 11.2 Å². The molecule has 0 spiro atoms. The lowest BCUT2D eigenvalue weighted by Gasteiger charge is -2.32. The molecule has 1 N–H and O–H groups in total. The zero-order chi connectivity index (χ0) is 20.4. The number of hydrogen-bond donors (Lipinski definition) is 1. The fourth-order valence-electron chi connectivity index (χ4n) is 3.60. The molecule has 29 heavy (non-hydrogen) atoms. The third-order valence-electron chi connectivity index (χ3n) is 5.53. The normalized spacial score (nSPS) is 18.1. The lowest BCUT2D eigenvalue weighted by Crippen LogP contribution is -2.41. The third kappa shape index (κ3) is 5.07. The minimum atomic E-state index is -4.43. The predicted molar refractivity (Wildman–Crippen MR) is 99.4 cm³/mol. The topological polar surface area (TPSA) is 71.3 Å². The highest BCUT2D eigenvalue weighted by atomic mass is 19.4. The van der Waals surface area contributed by atoms with Crippen LogP contribution >= 0.6 is 0 Å². The Hall–Kier alpha value is -2.58. The van der Waals surface area contributed by atoms with E-state index in [0.717, 1.165) is 62.4 Å². The summed E-state index contributed by atoms with van der Waals surface area (Å²) >= 11 is 0. The number of carbonyl (C=O) groups is 1. The maximum atomic E-state index is 12.8. The van der Waals surface area contributed by atoms with Crippen molar-refractivity contribution < 1.29 is 22.5 Å². The monoisotopic (exact) mass is 408 g/mol. The lowest BCUT2D eigenvalue weighted by atomic mass is 9.92. The molecule has 0 bridgehead atoms. The summed E-state index contributed by atoms with van der Waals surface area (Å²) in [5.74, 6) is 2.42. The predicted octanol–water partition coefficient (Wildman–Crippen LogP) is 4.84. The maximum Gasteiger partial charge on any atom is 0.416 e. The van der Waals surface area contributed by atoms with E-state index in [4.69, 9.17) is 4.52 Å². The van der Waals surface area contributed by atoms with E-state index in [0.29, 0.717) is 24.9 Å². The van der Waals surface area contributed by atoms with E-state index in [1.807, 2.05) is 0 Å². The number of likely N-dealkylation sites (tertiary alicyclic amines) is 1. The lowest BCUT2D eigenvalue weighted by molar-refractivity contribution is -0.137. The summed E-state index contributed by atoms with van der Waals surface area (Å²) < 4.78 is 43.7. The number of urea groups is 1. The summed E-state index contributed by atoms with van der Waals surface area (Å²) in [6.07, 6.45) is 1.22. The number of nitrogens with zero attached hydrogens (tertiary/aromatic N) is 3. The molecule has 2 aromatic rings. The van der Waals surface area contributed by atoms with Gasteiger partial charge >= 0.3 is 12.2 Å². The molecular formula is C20H23F3N4O2. The van der Waals surface area contributed by atoms with E-state index in [9.17, 15) is 18.0 Å². The standard InChI is InChI=1S/C20H23F3N4O2/c21-20(22,23)15-2-1-3-16(12-15)24-19(28)27-10-8-13(9-11-27)4-7-17-25-18(29-26-17)14-5-6-14/h1-3,12-14H,4-11H2,(H,24,28). The number of amides is 2. The molecule has 1 aliphatic heterocycles. The summed E-state index contributed by atoms with van der Waals surface area (Å²) in [5, 5.41) is 6.61. The summed E-state index contributed by atoms with van der Waals surface area (Å²) in [6, 6.07) is 4.32. The number of nitrogens with one attached hydrogen (secondary N) is 1. The summed E-state index contributed by atoms with van der Waals surface area (Å²) in [5.41, 5.74) is -0.629. The van der Waals surface area contributed by atoms with E-state index in [-0.39, 0.29) is 11.7 Å². The molecule has 2 amide bonds. The first kappa shape index (κ1) is 19.7. The van der Waals surface area contributed by atoms with Crippen LogP contribution in [0.3, 0.4) is 0 Å². The van der Waals surface area contributed by atoms with Crippen LogP contribution in [0.25, 0.3) is 0 Å². The van der Waals surface area contributed by atoms with Gasteiger partial charge in [0.2, 0.25) is 5.89 Å². The highest BCUT2D eigenvalue weighted by molar-refractivity contribution is 5.89. The van der Waals surface area contributed by atoms with Crippen LogP contribution in [0.4, 0.5) is 23.7 Å². The Morgan fingerprint density at radius 2 is 1.97 bits per heavy atom. The number of carbonyl (C=O) groups excluding carboxylic acids is 1. The number of benzene rings is 1. The van der Waals surface area contributed by atoms with Gasteiger partial charge < -0.3 is 14.7 Å². The first-order valence-electron chi connectivity index (χ1n) is 9.94. The van der Waals surface area contributed by atoms with Gasteiger partial charge in [0.1, 0.15) is 0 Å². The van der Waals surface area contributed by atoms with Crippen molar-refractivity contribution in [2.45, 2.75) is 50.6 Å². The van der Waals surface area contributed by atoms with Crippen molar-refractivity contribution in [2.24, 2.45) is 5.92 Å². The molecule has 156 valence electrons. The van der Waals surface area contributed by atoms with E-state index < -0.39 is 11.7 Å². The van der Waals surface area contributed by atoms with Crippen LogP contribution in [0.15, 0.2) is 28.8 Å². The first-order chi connectivity index (χ1) is 13.9. The number of anilines is 1. The number of hydrogen-bond acceptors (Lipinski definition) is 4. The van der Waals surface area contributed by atoms with Crippen molar-refractivity contribution in [1.82, 2.24) is 15.0 Å². The van der Waals surface area contributed by atoms with Crippen molar-refractivity contribution in [3.8, 4) is 0 Å². The largest absolute Gasteiger partial charge is 0.416 e. The van der Waals surface area contributed by atoms with Crippen LogP contribution in [-0.4, -0.2) is 34.2 Å². The molecule has 2 heterocycles. The number of rotatable bonds is 5. The van der Waals surface area contributed by atoms with Gasteiger partial charge in [0.25, 0.3) is 0 Å². The minimum absolute atomic E-state index is 0.149. The molecule has 4 rings (SSSR count). The van der Waals surface area contributed by atoms with Crippen LogP contribution in [-0.2, 0) is 12.6 Å². The summed E-state index contributed by atoms with van der Waals surface area (Å²) in [7, 11) is 0. The van der Waals surface area contributed by atoms with Crippen molar-refractivity contribution in [2.75, 3.05) is 18.4 Å². The number of aromatic nitrogens is 2. The molecule has 1 aromatic heterocycles. The average molecular weight is 408 g/mol. The fourth-order valence-corrected chi connectivity index (χ4v) is 3.60. The quantitative estimate of drug-likeness (QED) is 0.768. The van der Waals surface area contributed by atoms with Gasteiger partial charge in [-0.3, -0.25) is 0 Å². The molecule has 2 fully saturated rings. The second kappa shape index (κ2) is 8.04. The Morgan fingerprint density at radius 3 is 2.66 bits per heavy atom. The Kier molecular flexibility index (Phi) is 5.47. The van der Waals surface area contributed by atoms with Gasteiger partial charge in [0.05, 0.1) is 5.56 Å². The molecule has 0 unspecified atom stereocenters. The van der Waals surface area contributed by atoms with Crippen LogP contribution in [0.1, 0.15) is 55.3 Å². The van der Waals surface area contributed by atoms with Crippen LogP contribution in [0.5, 0.6) is 0 Å². The third-order valence-corrected chi connectivity index (χ3v) is 5.53. The van der Waals surface area contributed by atoms with Crippen molar-refractivity contribution in [3.63, 3.8) is 0 Å². The molecule has 1 saturated carbocycles. The molecule has 0 radical (unpaired) electrons.